The quantitative estimate of drug-likeness (QED) is 0.445. The Hall–Kier alpha value is -2.81. The van der Waals surface area contributed by atoms with E-state index in [1.54, 1.807) is 12.4 Å². The smallest absolute Gasteiger partial charge is 0.0889 e. The van der Waals surface area contributed by atoms with E-state index in [1.807, 2.05) is 0 Å². The molecule has 0 atom stereocenters. The van der Waals surface area contributed by atoms with Gasteiger partial charge in [-0.3, -0.25) is 15.0 Å². The second-order valence-electron chi connectivity index (χ2n) is 9.28. The van der Waals surface area contributed by atoms with Crippen LogP contribution in [-0.4, -0.2) is 15.0 Å². The van der Waals surface area contributed by atoms with Crippen LogP contribution in [0.1, 0.15) is 51.4 Å². The number of aromatic nitrogens is 3. The largest absolute Gasteiger partial charge is 0.253 e. The predicted octanol–water partition coefficient (Wildman–Crippen LogP) is 6.00. The Morgan fingerprint density at radius 3 is 2.07 bits per heavy atom. The molecule has 4 aromatic rings. The van der Waals surface area contributed by atoms with Crippen molar-refractivity contribution in [1.29, 1.82) is 0 Å². The van der Waals surface area contributed by atoms with Gasteiger partial charge in [-0.15, -0.1) is 0 Å². The van der Waals surface area contributed by atoms with Gasteiger partial charge in [-0.1, -0.05) is 58.9 Å². The molecule has 3 nitrogen and oxygen atoms in total. The lowest BCUT2D eigenvalue weighted by molar-refractivity contribution is 0.516. The summed E-state index contributed by atoms with van der Waals surface area (Å²) in [5.74, 6) is 0. The number of nitrogens with zero attached hydrogens (tertiary/aromatic N) is 3. The van der Waals surface area contributed by atoms with Crippen LogP contribution in [0.15, 0.2) is 60.9 Å². The Kier molecular flexibility index (Phi) is 4.41. The Labute approximate surface area is 166 Å². The molecule has 142 valence electrons. The molecular formula is C25H27N3. The van der Waals surface area contributed by atoms with E-state index in [1.165, 1.54) is 16.5 Å². The second kappa shape index (κ2) is 6.66. The fraction of sp³-hybridized carbons (Fsp3) is 0.320. The van der Waals surface area contributed by atoms with Crippen molar-refractivity contribution in [2.24, 2.45) is 0 Å². The zero-order valence-electron chi connectivity index (χ0n) is 17.3. The molecule has 0 unspecified atom stereocenters. The van der Waals surface area contributed by atoms with E-state index in [4.69, 9.17) is 4.98 Å². The number of pyridine rings is 1. The fourth-order valence-electron chi connectivity index (χ4n) is 3.66. The summed E-state index contributed by atoms with van der Waals surface area (Å²) in [6, 6.07) is 17.3. The average Bonchev–Trinajstić information content (AvgIpc) is 2.66. The normalized spacial score (nSPS) is 12.6. The van der Waals surface area contributed by atoms with Crippen molar-refractivity contribution in [2.45, 2.75) is 51.9 Å². The molecule has 0 aliphatic carbocycles. The summed E-state index contributed by atoms with van der Waals surface area (Å²) in [6.07, 6.45) is 4.35. The number of rotatable bonds is 3. The Balaban J connectivity index is 1.68. The third-order valence-electron chi connectivity index (χ3n) is 5.49. The molecule has 2 heterocycles. The Bertz CT molecular complexity index is 1150. The van der Waals surface area contributed by atoms with Crippen molar-refractivity contribution in [3.8, 4) is 0 Å². The van der Waals surface area contributed by atoms with Crippen LogP contribution in [0.2, 0.25) is 0 Å². The number of hydrogen-bond donors (Lipinski definition) is 0. The van der Waals surface area contributed by atoms with Crippen LogP contribution in [0, 0.1) is 0 Å². The van der Waals surface area contributed by atoms with Gasteiger partial charge in [0.15, 0.2) is 0 Å². The summed E-state index contributed by atoms with van der Waals surface area (Å²) in [4.78, 5) is 13.8. The molecule has 2 aromatic heterocycles. The van der Waals surface area contributed by atoms with Crippen LogP contribution in [0.4, 0.5) is 0 Å². The van der Waals surface area contributed by atoms with E-state index < -0.39 is 0 Å². The van der Waals surface area contributed by atoms with Gasteiger partial charge in [-0.25, -0.2) is 0 Å². The van der Waals surface area contributed by atoms with Crippen molar-refractivity contribution >= 4 is 21.9 Å². The van der Waals surface area contributed by atoms with Crippen LogP contribution in [0.25, 0.3) is 21.9 Å². The van der Waals surface area contributed by atoms with Crippen LogP contribution < -0.4 is 0 Å². The zero-order chi connectivity index (χ0) is 19.9. The highest BCUT2D eigenvalue weighted by Crippen LogP contribution is 2.30. The van der Waals surface area contributed by atoms with Gasteiger partial charge in [0, 0.05) is 23.5 Å². The molecule has 2 aromatic carbocycles. The maximum atomic E-state index is 4.99. The van der Waals surface area contributed by atoms with Gasteiger partial charge < -0.3 is 0 Å². The highest BCUT2D eigenvalue weighted by Gasteiger charge is 2.23. The number of fused-ring (bicyclic) bond motifs is 2. The summed E-state index contributed by atoms with van der Waals surface area (Å²) < 4.78 is 0. The summed E-state index contributed by atoms with van der Waals surface area (Å²) >= 11 is 0. The Morgan fingerprint density at radius 1 is 0.679 bits per heavy atom. The minimum Gasteiger partial charge on any atom is -0.253 e. The summed E-state index contributed by atoms with van der Waals surface area (Å²) in [5.41, 5.74) is 6.70. The van der Waals surface area contributed by atoms with Crippen molar-refractivity contribution in [1.82, 2.24) is 15.0 Å². The minimum atomic E-state index is -0.0476. The van der Waals surface area contributed by atoms with Crippen molar-refractivity contribution in [2.75, 3.05) is 0 Å². The molecule has 0 fully saturated rings. The molecule has 28 heavy (non-hydrogen) atoms. The molecule has 0 radical (unpaired) electrons. The summed E-state index contributed by atoms with van der Waals surface area (Å²) in [7, 11) is 0. The third-order valence-corrected chi connectivity index (χ3v) is 5.49. The first-order chi connectivity index (χ1) is 13.2. The van der Waals surface area contributed by atoms with E-state index >= 15 is 0 Å². The summed E-state index contributed by atoms with van der Waals surface area (Å²) in [5, 5.41) is 1.19. The van der Waals surface area contributed by atoms with Crippen molar-refractivity contribution in [3.05, 3.63) is 77.7 Å². The minimum absolute atomic E-state index is 0.0476. The first kappa shape index (κ1) is 18.5. The maximum Gasteiger partial charge on any atom is 0.0889 e. The molecule has 3 heteroatoms. The first-order valence-corrected chi connectivity index (χ1v) is 9.84. The summed E-state index contributed by atoms with van der Waals surface area (Å²) in [6.45, 7) is 11.3. The van der Waals surface area contributed by atoms with E-state index in [0.717, 1.165) is 28.7 Å². The predicted molar refractivity (Wildman–Crippen MR) is 117 cm³/mol. The van der Waals surface area contributed by atoms with Crippen molar-refractivity contribution < 1.29 is 0 Å². The van der Waals surface area contributed by atoms with Gasteiger partial charge in [0.25, 0.3) is 0 Å². The highest BCUT2D eigenvalue weighted by molar-refractivity contribution is 5.79. The van der Waals surface area contributed by atoms with Gasteiger partial charge in [-0.05, 0) is 52.6 Å². The number of benzene rings is 2. The molecule has 0 aliphatic heterocycles. The molecule has 0 aliphatic rings. The zero-order valence-corrected chi connectivity index (χ0v) is 17.3. The highest BCUT2D eigenvalue weighted by atomic mass is 14.8. The lowest BCUT2D eigenvalue weighted by atomic mass is 9.80. The fourth-order valence-corrected chi connectivity index (χ4v) is 3.66. The lowest BCUT2D eigenvalue weighted by Crippen LogP contribution is -2.21. The van der Waals surface area contributed by atoms with E-state index in [0.29, 0.717) is 0 Å². The average molecular weight is 370 g/mol. The van der Waals surface area contributed by atoms with E-state index in [-0.39, 0.29) is 10.8 Å². The third kappa shape index (κ3) is 3.62. The van der Waals surface area contributed by atoms with Gasteiger partial charge in [0.2, 0.25) is 0 Å². The lowest BCUT2D eigenvalue weighted by Gasteiger charge is -2.25. The van der Waals surface area contributed by atoms with E-state index in [9.17, 15) is 0 Å². The van der Waals surface area contributed by atoms with Gasteiger partial charge in [0.1, 0.15) is 0 Å². The van der Waals surface area contributed by atoms with Gasteiger partial charge in [-0.2, -0.15) is 0 Å². The van der Waals surface area contributed by atoms with Crippen LogP contribution in [0.5, 0.6) is 0 Å². The van der Waals surface area contributed by atoms with Gasteiger partial charge in [0.05, 0.1) is 16.6 Å². The maximum absolute atomic E-state index is 4.99. The Morgan fingerprint density at radius 2 is 1.32 bits per heavy atom. The van der Waals surface area contributed by atoms with Crippen molar-refractivity contribution in [3.63, 3.8) is 0 Å². The monoisotopic (exact) mass is 369 g/mol. The topological polar surface area (TPSA) is 38.7 Å². The molecule has 0 amide bonds. The second-order valence-corrected chi connectivity index (χ2v) is 9.28. The molecule has 0 spiro atoms. The van der Waals surface area contributed by atoms with Crippen LogP contribution in [-0.2, 0) is 17.3 Å². The SMILES string of the molecule is CC(C)(C)c1ccc2ccc(CC(C)(C)c3ccc4nccnc4c3)nc2c1. The number of hydrogen-bond acceptors (Lipinski definition) is 3. The molecule has 0 saturated carbocycles. The molecule has 0 saturated heterocycles. The van der Waals surface area contributed by atoms with Gasteiger partial charge >= 0.3 is 0 Å². The van der Waals surface area contributed by atoms with Crippen LogP contribution in [0.3, 0.4) is 0 Å². The molecule has 0 N–H and O–H groups in total. The van der Waals surface area contributed by atoms with Crippen LogP contribution >= 0.6 is 0 Å². The first-order valence-electron chi connectivity index (χ1n) is 9.84. The molecule has 0 bridgehead atoms. The molecule has 4 rings (SSSR count). The van der Waals surface area contributed by atoms with E-state index in [2.05, 4.69) is 93.1 Å². The standard InChI is InChI=1S/C25H27N3/c1-24(2,3)18-8-6-17-7-10-20(28-22(17)14-18)16-25(4,5)19-9-11-21-23(15-19)27-13-12-26-21/h6-15H,16H2,1-5H3. The molecular weight excluding hydrogens is 342 g/mol.